The van der Waals surface area contributed by atoms with Gasteiger partial charge in [-0.05, 0) is 12.1 Å². The van der Waals surface area contributed by atoms with E-state index >= 15 is 0 Å². The largest absolute Gasteiger partial charge is 0.545 e. The minimum Gasteiger partial charge on any atom is -0.545 e. The van der Waals surface area contributed by atoms with Crippen LogP contribution in [-0.2, 0) is 16.6 Å². The Bertz CT molecular complexity index is 446. The van der Waals surface area contributed by atoms with Crippen LogP contribution in [0.5, 0.6) is 5.75 Å². The monoisotopic (exact) mass is 258 g/mol. The van der Waals surface area contributed by atoms with Gasteiger partial charge in [-0.25, -0.2) is 8.42 Å². The predicted molar refractivity (Wildman–Crippen MR) is 66.6 cm³/mol. The first-order valence-electron chi connectivity index (χ1n) is 5.34. The van der Waals surface area contributed by atoms with Crippen LogP contribution < -0.4 is 10.1 Å². The quantitative estimate of drug-likeness (QED) is 0.704. The molecule has 0 heterocycles. The summed E-state index contributed by atoms with van der Waals surface area (Å²) < 4.78 is 30.2. The van der Waals surface area contributed by atoms with E-state index in [1.807, 2.05) is 29.6 Å². The minimum absolute atomic E-state index is 0.322. The van der Waals surface area contributed by atoms with Gasteiger partial charge in [-0.2, -0.15) is 0 Å². The number of ether oxygens (including phenoxy) is 1. The van der Waals surface area contributed by atoms with Crippen LogP contribution in [0.3, 0.4) is 0 Å². The maximum absolute atomic E-state index is 10.8. The number of sulfonamides is 1. The second-order valence-corrected chi connectivity index (χ2v) is 5.44. The Morgan fingerprint density at radius 1 is 1.41 bits per heavy atom. The molecule has 0 unspecified atom stereocenters. The molecule has 0 aliphatic carbocycles. The Labute approximate surface area is 102 Å². The molecule has 0 radical (unpaired) electrons. The lowest BCUT2D eigenvalue weighted by Gasteiger charge is -2.14. The Hall–Kier alpha value is -1.11. The lowest BCUT2D eigenvalue weighted by molar-refractivity contribution is -0.667. The van der Waals surface area contributed by atoms with Gasteiger partial charge in [-0.1, -0.05) is 18.7 Å². The van der Waals surface area contributed by atoms with E-state index in [1.165, 1.54) is 0 Å². The molecular weight excluding hydrogens is 240 g/mol. The molecule has 0 saturated heterocycles. The van der Waals surface area contributed by atoms with Crippen LogP contribution in [0.2, 0.25) is 0 Å². The van der Waals surface area contributed by atoms with Gasteiger partial charge in [0.1, 0.15) is 12.3 Å². The van der Waals surface area contributed by atoms with Gasteiger partial charge in [0.05, 0.1) is 23.7 Å². The number of quaternary nitrogens is 1. The molecule has 0 aliphatic heterocycles. The highest BCUT2D eigenvalue weighted by Gasteiger charge is 1.96. The molecule has 0 fully saturated rings. The first-order chi connectivity index (χ1) is 8.01. The van der Waals surface area contributed by atoms with E-state index in [1.54, 1.807) is 7.11 Å². The number of hydrogen-bond acceptors (Lipinski definition) is 3. The van der Waals surface area contributed by atoms with Gasteiger partial charge in [0.15, 0.2) is 0 Å². The molecule has 2 N–H and O–H groups in total. The van der Waals surface area contributed by atoms with Crippen molar-refractivity contribution in [3.05, 3.63) is 34.6 Å². The van der Waals surface area contributed by atoms with Gasteiger partial charge < -0.3 is 14.8 Å². The second kappa shape index (κ2) is 6.58. The van der Waals surface area contributed by atoms with E-state index in [9.17, 15) is 8.42 Å². The van der Waals surface area contributed by atoms with Crippen molar-refractivity contribution < 1.29 is 18.5 Å². The van der Waals surface area contributed by atoms with Crippen LogP contribution in [0.4, 0.5) is 0 Å². The summed E-state index contributed by atoms with van der Waals surface area (Å²) in [5.41, 5.74) is 1.14. The summed E-state index contributed by atoms with van der Waals surface area (Å²) >= 11 is 0. The summed E-state index contributed by atoms with van der Waals surface area (Å²) in [5.74, 6) is 0.830. The highest BCUT2D eigenvalue weighted by molar-refractivity contribution is 7.93. The minimum atomic E-state index is -3.19. The maximum Gasteiger partial charge on any atom is 0.119 e. The summed E-state index contributed by atoms with van der Waals surface area (Å²) in [7, 11) is -1.56. The van der Waals surface area contributed by atoms with Gasteiger partial charge in [0, 0.05) is 11.8 Å². The zero-order chi connectivity index (χ0) is 12.7. The van der Waals surface area contributed by atoms with Crippen molar-refractivity contribution in [1.82, 2.24) is 0 Å². The standard InChI is InChI=1S/C11H17N2O3S/c1-16-11-5-3-4-10(8-11)9-12-6-7-13-17(2,14)15/h3-5,8,12H,6-7,9H2,1-2H3/q-1/p+1. The third-order valence-electron chi connectivity index (χ3n) is 2.17. The van der Waals surface area contributed by atoms with Crippen LogP contribution in [0.25, 0.3) is 4.72 Å². The van der Waals surface area contributed by atoms with E-state index in [4.69, 9.17) is 4.74 Å². The van der Waals surface area contributed by atoms with Crippen molar-refractivity contribution in [3.63, 3.8) is 0 Å². The van der Waals surface area contributed by atoms with Crippen LogP contribution in [0, 0.1) is 0 Å². The summed E-state index contributed by atoms with van der Waals surface area (Å²) in [4.78, 5) is 0. The second-order valence-electron chi connectivity index (χ2n) is 3.72. The van der Waals surface area contributed by atoms with Gasteiger partial charge in [-0.15, -0.1) is 0 Å². The smallest absolute Gasteiger partial charge is 0.119 e. The van der Waals surface area contributed by atoms with Crippen molar-refractivity contribution in [2.75, 3.05) is 26.5 Å². The number of nitrogens with zero attached hydrogens (tertiary/aromatic N) is 1. The molecule has 5 nitrogen and oxygen atoms in total. The molecule has 1 aromatic rings. The zero-order valence-corrected chi connectivity index (χ0v) is 10.9. The average molecular weight is 258 g/mol. The van der Waals surface area contributed by atoms with Crippen molar-refractivity contribution in [1.29, 1.82) is 0 Å². The molecule has 0 bridgehead atoms. The van der Waals surface area contributed by atoms with Crippen molar-refractivity contribution in [2.24, 2.45) is 0 Å². The zero-order valence-electron chi connectivity index (χ0n) is 10.1. The van der Waals surface area contributed by atoms with Crippen molar-refractivity contribution in [3.8, 4) is 5.75 Å². The van der Waals surface area contributed by atoms with Crippen molar-refractivity contribution >= 4 is 10.0 Å². The van der Waals surface area contributed by atoms with E-state index in [2.05, 4.69) is 4.72 Å². The Balaban J connectivity index is 2.26. The number of benzene rings is 1. The number of hydrogen-bond donors (Lipinski definition) is 1. The number of nitrogens with two attached hydrogens (primary N) is 1. The third kappa shape index (κ3) is 6.25. The van der Waals surface area contributed by atoms with Gasteiger partial charge in [0.2, 0.25) is 0 Å². The predicted octanol–water partition coefficient (Wildman–Crippen LogP) is 0.0919. The van der Waals surface area contributed by atoms with Crippen LogP contribution in [-0.4, -0.2) is 34.9 Å². The topological polar surface area (TPSA) is 74.1 Å². The van der Waals surface area contributed by atoms with Crippen LogP contribution in [0.15, 0.2) is 24.3 Å². The van der Waals surface area contributed by atoms with E-state index in [-0.39, 0.29) is 0 Å². The molecule has 1 aromatic carbocycles. The third-order valence-corrected chi connectivity index (χ3v) is 2.82. The van der Waals surface area contributed by atoms with Crippen molar-refractivity contribution in [2.45, 2.75) is 6.54 Å². The lowest BCUT2D eigenvalue weighted by Crippen LogP contribution is -2.83. The lowest BCUT2D eigenvalue weighted by atomic mass is 10.2. The first-order valence-corrected chi connectivity index (χ1v) is 7.19. The maximum atomic E-state index is 10.8. The highest BCUT2D eigenvalue weighted by atomic mass is 32.2. The molecule has 6 heteroatoms. The molecular formula is C11H18N2O3S. The summed E-state index contributed by atoms with van der Waals surface area (Å²) in [6.45, 7) is 1.77. The van der Waals surface area contributed by atoms with Gasteiger partial charge >= 0.3 is 0 Å². The Morgan fingerprint density at radius 3 is 2.82 bits per heavy atom. The van der Waals surface area contributed by atoms with E-state index < -0.39 is 10.0 Å². The summed E-state index contributed by atoms with van der Waals surface area (Å²) in [6.07, 6.45) is 1.11. The first kappa shape index (κ1) is 14.0. The van der Waals surface area contributed by atoms with Gasteiger partial charge in [0.25, 0.3) is 0 Å². The SMILES string of the molecule is COc1cccc(C[NH2+]CC[N-]S(C)(=O)=O)c1. The van der Waals surface area contributed by atoms with Crippen LogP contribution in [0.1, 0.15) is 5.56 Å². The van der Waals surface area contributed by atoms with E-state index in [0.717, 1.165) is 24.1 Å². The normalized spacial score (nSPS) is 11.4. The van der Waals surface area contributed by atoms with Crippen LogP contribution >= 0.6 is 0 Å². The molecule has 0 aromatic heterocycles. The fraction of sp³-hybridized carbons (Fsp3) is 0.455. The molecule has 1 rings (SSSR count). The number of methoxy groups -OCH3 is 1. The molecule has 17 heavy (non-hydrogen) atoms. The fourth-order valence-electron chi connectivity index (χ4n) is 1.38. The Kier molecular flexibility index (Phi) is 5.40. The number of rotatable bonds is 7. The summed E-state index contributed by atoms with van der Waals surface area (Å²) in [5, 5.41) is 2.02. The molecule has 0 aliphatic rings. The molecule has 0 amide bonds. The average Bonchev–Trinajstić information content (AvgIpc) is 2.27. The molecule has 0 atom stereocenters. The fourth-order valence-corrected chi connectivity index (χ4v) is 1.82. The molecule has 96 valence electrons. The summed E-state index contributed by atoms with van der Waals surface area (Å²) in [6, 6.07) is 7.79. The molecule has 0 saturated carbocycles. The highest BCUT2D eigenvalue weighted by Crippen LogP contribution is 2.11. The van der Waals surface area contributed by atoms with Gasteiger partial charge in [-0.3, -0.25) is 0 Å². The Morgan fingerprint density at radius 2 is 2.18 bits per heavy atom. The van der Waals surface area contributed by atoms with E-state index in [0.29, 0.717) is 13.1 Å². The molecule has 0 spiro atoms.